The Morgan fingerprint density at radius 3 is 2.75 bits per heavy atom. The van der Waals surface area contributed by atoms with Crippen LogP contribution in [0.15, 0.2) is 38.7 Å². The Bertz CT molecular complexity index is 595. The highest BCUT2D eigenvalue weighted by molar-refractivity contribution is 9.10. The van der Waals surface area contributed by atoms with E-state index in [1.165, 1.54) is 10.5 Å². The number of halogens is 1. The lowest BCUT2D eigenvalue weighted by molar-refractivity contribution is 0.589. The molecule has 0 aliphatic carbocycles. The molecular weight excluding hydrogens is 334 g/mol. The minimum Gasteiger partial charge on any atom is -0.310 e. The van der Waals surface area contributed by atoms with Crippen molar-refractivity contribution in [2.75, 3.05) is 6.54 Å². The van der Waals surface area contributed by atoms with Crippen molar-refractivity contribution in [1.82, 2.24) is 15.1 Å². The summed E-state index contributed by atoms with van der Waals surface area (Å²) in [7, 11) is 1.99. The van der Waals surface area contributed by atoms with Gasteiger partial charge >= 0.3 is 0 Å². The van der Waals surface area contributed by atoms with Crippen LogP contribution in [0.2, 0.25) is 0 Å². The summed E-state index contributed by atoms with van der Waals surface area (Å²) in [6.07, 6.45) is 0. The van der Waals surface area contributed by atoms with Crippen LogP contribution in [0.5, 0.6) is 0 Å². The maximum atomic E-state index is 4.41. The zero-order chi connectivity index (χ0) is 14.7. The molecule has 0 radical (unpaired) electrons. The van der Waals surface area contributed by atoms with Gasteiger partial charge < -0.3 is 5.32 Å². The van der Waals surface area contributed by atoms with Crippen LogP contribution in [0.4, 0.5) is 0 Å². The molecule has 1 aromatic carbocycles. The molecule has 0 aliphatic rings. The van der Waals surface area contributed by atoms with E-state index in [0.717, 1.165) is 21.7 Å². The fourth-order valence-corrected chi connectivity index (χ4v) is 3.85. The summed E-state index contributed by atoms with van der Waals surface area (Å²) in [6, 6.07) is 8.92. The number of hydrogen-bond acceptors (Lipinski definition) is 3. The highest BCUT2D eigenvalue weighted by Gasteiger charge is 2.13. The van der Waals surface area contributed by atoms with Crippen LogP contribution in [0.1, 0.15) is 31.1 Å². The van der Waals surface area contributed by atoms with Crippen LogP contribution in [-0.4, -0.2) is 16.3 Å². The van der Waals surface area contributed by atoms with E-state index in [0.29, 0.717) is 6.04 Å². The Morgan fingerprint density at radius 2 is 2.15 bits per heavy atom. The molecule has 2 aromatic rings. The van der Waals surface area contributed by atoms with Crippen molar-refractivity contribution in [2.24, 2.45) is 7.05 Å². The van der Waals surface area contributed by atoms with Crippen molar-refractivity contribution >= 4 is 27.7 Å². The van der Waals surface area contributed by atoms with E-state index in [1.807, 2.05) is 18.7 Å². The molecule has 108 valence electrons. The number of nitrogens with zero attached hydrogens (tertiary/aromatic N) is 2. The number of aryl methyl sites for hydroxylation is 2. The Kier molecular flexibility index (Phi) is 5.29. The fourth-order valence-electron chi connectivity index (χ4n) is 2.17. The van der Waals surface area contributed by atoms with Crippen molar-refractivity contribution < 1.29 is 0 Å². The minimum atomic E-state index is 0.338. The van der Waals surface area contributed by atoms with E-state index >= 15 is 0 Å². The van der Waals surface area contributed by atoms with Crippen molar-refractivity contribution in [3.8, 4) is 0 Å². The summed E-state index contributed by atoms with van der Waals surface area (Å²) in [6.45, 7) is 7.32. The summed E-state index contributed by atoms with van der Waals surface area (Å²) < 4.78 is 3.04. The number of benzene rings is 1. The molecule has 1 atom stereocenters. The van der Waals surface area contributed by atoms with Gasteiger partial charge in [0.2, 0.25) is 0 Å². The zero-order valence-electron chi connectivity index (χ0n) is 12.3. The Labute approximate surface area is 133 Å². The van der Waals surface area contributed by atoms with Gasteiger partial charge in [-0.1, -0.05) is 40.7 Å². The molecule has 0 saturated carbocycles. The maximum absolute atomic E-state index is 4.41. The largest absolute Gasteiger partial charge is 0.310 e. The highest BCUT2D eigenvalue weighted by atomic mass is 79.9. The summed E-state index contributed by atoms with van der Waals surface area (Å²) in [5, 5.41) is 9.04. The first-order valence-electron chi connectivity index (χ1n) is 6.72. The van der Waals surface area contributed by atoms with Crippen LogP contribution in [0, 0.1) is 6.92 Å². The van der Waals surface area contributed by atoms with E-state index in [-0.39, 0.29) is 0 Å². The molecule has 1 unspecified atom stereocenters. The summed E-state index contributed by atoms with van der Waals surface area (Å²) >= 11 is 5.33. The molecule has 5 heteroatoms. The topological polar surface area (TPSA) is 29.9 Å². The Hall–Kier alpha value is -0.780. The van der Waals surface area contributed by atoms with E-state index < -0.39 is 0 Å². The predicted molar refractivity (Wildman–Crippen MR) is 88.3 cm³/mol. The smallest absolute Gasteiger partial charge is 0.0987 e. The lowest BCUT2D eigenvalue weighted by Crippen LogP contribution is -2.18. The van der Waals surface area contributed by atoms with Gasteiger partial charge in [0.15, 0.2) is 0 Å². The molecule has 3 nitrogen and oxygen atoms in total. The first-order valence-corrected chi connectivity index (χ1v) is 8.33. The second-order valence-electron chi connectivity index (χ2n) is 4.81. The van der Waals surface area contributed by atoms with Crippen molar-refractivity contribution in [2.45, 2.75) is 36.7 Å². The minimum absolute atomic E-state index is 0.338. The lowest BCUT2D eigenvalue weighted by atomic mass is 10.1. The van der Waals surface area contributed by atoms with Gasteiger partial charge in [-0.15, -0.1) is 0 Å². The summed E-state index contributed by atoms with van der Waals surface area (Å²) in [5.74, 6) is 0. The summed E-state index contributed by atoms with van der Waals surface area (Å²) in [4.78, 5) is 1.26. The molecule has 0 saturated heterocycles. The van der Waals surface area contributed by atoms with Crippen molar-refractivity contribution in [3.63, 3.8) is 0 Å². The van der Waals surface area contributed by atoms with E-state index in [4.69, 9.17) is 0 Å². The van der Waals surface area contributed by atoms with Crippen LogP contribution in [0.3, 0.4) is 0 Å². The Morgan fingerprint density at radius 1 is 1.40 bits per heavy atom. The van der Waals surface area contributed by atoms with E-state index in [2.05, 4.69) is 64.5 Å². The van der Waals surface area contributed by atoms with Gasteiger partial charge in [0, 0.05) is 22.5 Å². The molecule has 0 fully saturated rings. The van der Waals surface area contributed by atoms with Gasteiger partial charge in [0.1, 0.15) is 0 Å². The quantitative estimate of drug-likeness (QED) is 0.868. The second kappa shape index (κ2) is 6.78. The van der Waals surface area contributed by atoms with Crippen LogP contribution < -0.4 is 5.32 Å². The molecule has 0 amide bonds. The van der Waals surface area contributed by atoms with E-state index in [9.17, 15) is 0 Å². The van der Waals surface area contributed by atoms with Gasteiger partial charge in [-0.05, 0) is 44.2 Å². The SMILES string of the molecule is CCNC(C)c1ccc(Br)cc1Sc1cc(C)nn1C. The van der Waals surface area contributed by atoms with Crippen LogP contribution in [-0.2, 0) is 7.05 Å². The average molecular weight is 354 g/mol. The molecule has 0 spiro atoms. The second-order valence-corrected chi connectivity index (χ2v) is 6.79. The molecule has 20 heavy (non-hydrogen) atoms. The third-order valence-corrected chi connectivity index (χ3v) is 4.78. The molecule has 0 aliphatic heterocycles. The number of hydrogen-bond donors (Lipinski definition) is 1. The van der Waals surface area contributed by atoms with Crippen LogP contribution in [0.25, 0.3) is 0 Å². The molecule has 0 bridgehead atoms. The van der Waals surface area contributed by atoms with Gasteiger partial charge in [-0.3, -0.25) is 4.68 Å². The first kappa shape index (κ1) is 15.6. The Balaban J connectivity index is 2.34. The standard InChI is InChI=1S/C15H20BrN3S/c1-5-17-11(3)13-7-6-12(16)9-14(13)20-15-8-10(2)18-19(15)4/h6-9,11,17H,5H2,1-4H3. The number of aromatic nitrogens is 2. The molecule has 1 aromatic heterocycles. The third-order valence-electron chi connectivity index (χ3n) is 3.13. The molecular formula is C15H20BrN3S. The normalized spacial score (nSPS) is 12.7. The zero-order valence-corrected chi connectivity index (χ0v) is 14.7. The van der Waals surface area contributed by atoms with Gasteiger partial charge in [0.05, 0.1) is 10.7 Å². The lowest BCUT2D eigenvalue weighted by Gasteiger charge is -2.17. The maximum Gasteiger partial charge on any atom is 0.0987 e. The number of rotatable bonds is 5. The van der Waals surface area contributed by atoms with E-state index in [1.54, 1.807) is 11.8 Å². The first-order chi connectivity index (χ1) is 9.51. The third kappa shape index (κ3) is 3.65. The van der Waals surface area contributed by atoms with Gasteiger partial charge in [0.25, 0.3) is 0 Å². The predicted octanol–water partition coefficient (Wildman–Crippen LogP) is 4.31. The number of nitrogens with one attached hydrogen (secondary N) is 1. The monoisotopic (exact) mass is 353 g/mol. The van der Waals surface area contributed by atoms with Crippen molar-refractivity contribution in [1.29, 1.82) is 0 Å². The molecule has 2 rings (SSSR count). The highest BCUT2D eigenvalue weighted by Crippen LogP contribution is 2.35. The summed E-state index contributed by atoms with van der Waals surface area (Å²) in [5.41, 5.74) is 2.37. The fraction of sp³-hybridized carbons (Fsp3) is 0.400. The van der Waals surface area contributed by atoms with Gasteiger partial charge in [-0.25, -0.2) is 0 Å². The van der Waals surface area contributed by atoms with Crippen molar-refractivity contribution in [3.05, 3.63) is 40.0 Å². The van der Waals surface area contributed by atoms with Crippen LogP contribution >= 0.6 is 27.7 Å². The molecule has 1 heterocycles. The van der Waals surface area contributed by atoms with Gasteiger partial charge in [-0.2, -0.15) is 5.10 Å². The molecule has 1 N–H and O–H groups in total. The average Bonchev–Trinajstić information content (AvgIpc) is 2.68.